The second-order valence-corrected chi connectivity index (χ2v) is 9.57. The Labute approximate surface area is 222 Å². The molecule has 1 aromatic heterocycles. The molecule has 0 fully saturated rings. The predicted octanol–water partition coefficient (Wildman–Crippen LogP) is 6.87. The first-order valence-electron chi connectivity index (χ1n) is 11.5. The molecule has 8 heteroatoms. The molecule has 0 radical (unpaired) electrons. The highest BCUT2D eigenvalue weighted by atomic mass is 35.5. The second-order valence-electron chi connectivity index (χ2n) is 8.22. The van der Waals surface area contributed by atoms with Crippen molar-refractivity contribution in [3.05, 3.63) is 118 Å². The van der Waals surface area contributed by atoms with Crippen LogP contribution in [0.2, 0.25) is 5.02 Å². The van der Waals surface area contributed by atoms with Gasteiger partial charge < -0.3 is 10.1 Å². The molecule has 0 atom stereocenters. The summed E-state index contributed by atoms with van der Waals surface area (Å²) in [7, 11) is 0. The highest BCUT2D eigenvalue weighted by Crippen LogP contribution is 2.27. The molecule has 0 aliphatic heterocycles. The van der Waals surface area contributed by atoms with Gasteiger partial charge >= 0.3 is 0 Å². The van der Waals surface area contributed by atoms with Crippen molar-refractivity contribution in [2.75, 3.05) is 11.1 Å². The van der Waals surface area contributed by atoms with E-state index in [0.717, 1.165) is 5.56 Å². The number of carbonyl (C=O) groups is 1. The van der Waals surface area contributed by atoms with Crippen molar-refractivity contribution >= 4 is 45.9 Å². The number of fused-ring (bicyclic) bond motifs is 1. The average molecular weight is 528 g/mol. The van der Waals surface area contributed by atoms with Crippen molar-refractivity contribution in [2.24, 2.45) is 0 Å². The molecule has 5 aromatic rings. The van der Waals surface area contributed by atoms with Gasteiger partial charge in [-0.25, -0.2) is 4.98 Å². The van der Waals surface area contributed by atoms with Gasteiger partial charge in [0.1, 0.15) is 11.5 Å². The maximum atomic E-state index is 13.5. The molecular weight excluding hydrogens is 506 g/mol. The smallest absolute Gasteiger partial charge is 0.266 e. The zero-order valence-corrected chi connectivity index (χ0v) is 21.4. The Bertz CT molecular complexity index is 1650. The number of nitrogens with one attached hydrogen (secondary N) is 1. The Balaban J connectivity index is 1.39. The van der Waals surface area contributed by atoms with Gasteiger partial charge in [-0.15, -0.1) is 0 Å². The van der Waals surface area contributed by atoms with Crippen LogP contribution in [0.25, 0.3) is 16.6 Å². The van der Waals surface area contributed by atoms with E-state index in [1.807, 2.05) is 61.5 Å². The van der Waals surface area contributed by atoms with Crippen LogP contribution in [-0.2, 0) is 4.79 Å². The number of para-hydroxylation sites is 2. The number of anilines is 1. The zero-order valence-electron chi connectivity index (χ0n) is 19.9. The lowest BCUT2D eigenvalue weighted by atomic mass is 10.2. The predicted molar refractivity (Wildman–Crippen MR) is 149 cm³/mol. The van der Waals surface area contributed by atoms with Gasteiger partial charge in [0.05, 0.1) is 22.3 Å². The van der Waals surface area contributed by atoms with Crippen LogP contribution >= 0.6 is 23.4 Å². The van der Waals surface area contributed by atoms with Crippen LogP contribution in [0.4, 0.5) is 5.69 Å². The summed E-state index contributed by atoms with van der Waals surface area (Å²) in [6.07, 6.45) is 0. The number of benzene rings is 4. The number of thioether (sulfide) groups is 1. The van der Waals surface area contributed by atoms with Crippen molar-refractivity contribution < 1.29 is 9.53 Å². The number of halogens is 1. The maximum absolute atomic E-state index is 13.5. The Morgan fingerprint density at radius 3 is 2.51 bits per heavy atom. The first kappa shape index (κ1) is 24.6. The van der Waals surface area contributed by atoms with Gasteiger partial charge in [-0.3, -0.25) is 14.2 Å². The van der Waals surface area contributed by atoms with Crippen molar-refractivity contribution in [1.82, 2.24) is 9.55 Å². The summed E-state index contributed by atoms with van der Waals surface area (Å²) in [4.78, 5) is 31.1. The van der Waals surface area contributed by atoms with Gasteiger partial charge in [0.25, 0.3) is 5.56 Å². The minimum atomic E-state index is -0.237. The fourth-order valence-electron chi connectivity index (χ4n) is 3.85. The summed E-state index contributed by atoms with van der Waals surface area (Å²) in [6, 6.07) is 29.1. The Morgan fingerprint density at radius 1 is 0.946 bits per heavy atom. The molecule has 5 rings (SSSR count). The van der Waals surface area contributed by atoms with E-state index in [2.05, 4.69) is 5.32 Å². The SMILES string of the molecule is Cc1c(Cl)cccc1-n1c(SCC(=O)Nc2cccc(Oc3ccccc3)c2)nc2ccccc2c1=O. The maximum Gasteiger partial charge on any atom is 0.266 e. The van der Waals surface area contributed by atoms with Crippen LogP contribution in [0.3, 0.4) is 0 Å². The molecule has 0 spiro atoms. The molecule has 0 saturated carbocycles. The van der Waals surface area contributed by atoms with Crippen LogP contribution in [0.15, 0.2) is 107 Å². The van der Waals surface area contributed by atoms with Crippen LogP contribution in [0.5, 0.6) is 11.5 Å². The van der Waals surface area contributed by atoms with E-state index in [1.165, 1.54) is 16.3 Å². The molecule has 1 amide bonds. The molecule has 0 aliphatic carbocycles. The molecule has 6 nitrogen and oxygen atoms in total. The van der Waals surface area contributed by atoms with Crippen molar-refractivity contribution in [1.29, 1.82) is 0 Å². The lowest BCUT2D eigenvalue weighted by Gasteiger charge is -2.16. The fourth-order valence-corrected chi connectivity index (χ4v) is 4.82. The standard InChI is InChI=1S/C29H22ClN3O3S/c1-19-24(30)14-8-16-26(19)33-28(35)23-13-5-6-15-25(23)32-29(33)37-18-27(34)31-20-9-7-12-22(17-20)36-21-10-3-2-4-11-21/h2-17H,18H2,1H3,(H,31,34). The lowest BCUT2D eigenvalue weighted by molar-refractivity contribution is -0.113. The zero-order chi connectivity index (χ0) is 25.8. The first-order valence-corrected chi connectivity index (χ1v) is 12.9. The number of hydrogen-bond donors (Lipinski definition) is 1. The summed E-state index contributed by atoms with van der Waals surface area (Å²) in [6.45, 7) is 1.85. The average Bonchev–Trinajstić information content (AvgIpc) is 2.90. The number of carbonyl (C=O) groups excluding carboxylic acids is 1. The van der Waals surface area contributed by atoms with Crippen LogP contribution < -0.4 is 15.6 Å². The quantitative estimate of drug-likeness (QED) is 0.185. The molecule has 0 saturated heterocycles. The van der Waals surface area contributed by atoms with Crippen LogP contribution in [0.1, 0.15) is 5.56 Å². The molecule has 1 heterocycles. The molecular formula is C29H22ClN3O3S. The van der Waals surface area contributed by atoms with Gasteiger partial charge in [-0.1, -0.05) is 65.8 Å². The van der Waals surface area contributed by atoms with E-state index in [9.17, 15) is 9.59 Å². The van der Waals surface area contributed by atoms with Gasteiger partial charge in [0, 0.05) is 16.8 Å². The summed E-state index contributed by atoms with van der Waals surface area (Å²) >= 11 is 7.54. The molecule has 0 aliphatic rings. The van der Waals surface area contributed by atoms with Gasteiger partial charge in [0.15, 0.2) is 5.16 Å². The number of rotatable bonds is 7. The Hall–Kier alpha value is -4.07. The Morgan fingerprint density at radius 2 is 1.68 bits per heavy atom. The number of hydrogen-bond acceptors (Lipinski definition) is 5. The summed E-state index contributed by atoms with van der Waals surface area (Å²) in [5.74, 6) is 1.13. The van der Waals surface area contributed by atoms with E-state index in [1.54, 1.807) is 42.5 Å². The normalized spacial score (nSPS) is 10.9. The lowest BCUT2D eigenvalue weighted by Crippen LogP contribution is -2.23. The molecule has 37 heavy (non-hydrogen) atoms. The molecule has 184 valence electrons. The number of ether oxygens (including phenoxy) is 1. The third kappa shape index (κ3) is 5.53. The largest absolute Gasteiger partial charge is 0.457 e. The highest BCUT2D eigenvalue weighted by molar-refractivity contribution is 7.99. The van der Waals surface area contributed by atoms with Crippen molar-refractivity contribution in [3.63, 3.8) is 0 Å². The molecule has 0 bridgehead atoms. The van der Waals surface area contributed by atoms with Crippen LogP contribution in [0, 0.1) is 6.92 Å². The summed E-state index contributed by atoms with van der Waals surface area (Å²) < 4.78 is 7.38. The minimum absolute atomic E-state index is 0.0498. The van der Waals surface area contributed by atoms with Crippen molar-refractivity contribution in [3.8, 4) is 17.2 Å². The van der Waals surface area contributed by atoms with E-state index in [0.29, 0.717) is 44.0 Å². The third-order valence-corrected chi connectivity index (χ3v) is 7.00. The number of nitrogens with zero attached hydrogens (tertiary/aromatic N) is 2. The number of aromatic nitrogens is 2. The van der Waals surface area contributed by atoms with Gasteiger partial charge in [0.2, 0.25) is 5.91 Å². The van der Waals surface area contributed by atoms with E-state index in [-0.39, 0.29) is 17.2 Å². The monoisotopic (exact) mass is 527 g/mol. The van der Waals surface area contributed by atoms with Gasteiger partial charge in [-0.2, -0.15) is 0 Å². The van der Waals surface area contributed by atoms with E-state index >= 15 is 0 Å². The minimum Gasteiger partial charge on any atom is -0.457 e. The second kappa shape index (κ2) is 10.9. The Kier molecular flexibility index (Phi) is 7.25. The number of amides is 1. The van der Waals surface area contributed by atoms with Crippen molar-refractivity contribution in [2.45, 2.75) is 12.1 Å². The molecule has 0 unspecified atom stereocenters. The van der Waals surface area contributed by atoms with Gasteiger partial charge in [-0.05, 0) is 61.0 Å². The summed E-state index contributed by atoms with van der Waals surface area (Å²) in [5, 5.41) is 4.34. The topological polar surface area (TPSA) is 73.2 Å². The fraction of sp³-hybridized carbons (Fsp3) is 0.0690. The highest BCUT2D eigenvalue weighted by Gasteiger charge is 2.17. The third-order valence-electron chi connectivity index (χ3n) is 5.65. The molecule has 4 aromatic carbocycles. The van der Waals surface area contributed by atoms with E-state index < -0.39 is 0 Å². The molecule has 1 N–H and O–H groups in total. The summed E-state index contributed by atoms with van der Waals surface area (Å²) in [5.41, 5.74) is 2.34. The first-order chi connectivity index (χ1) is 18.0. The van der Waals surface area contributed by atoms with E-state index in [4.69, 9.17) is 21.3 Å². The van der Waals surface area contributed by atoms with Crippen LogP contribution in [-0.4, -0.2) is 21.2 Å².